The van der Waals surface area contributed by atoms with Gasteiger partial charge in [-0.25, -0.2) is 13.8 Å². The fraction of sp³-hybridized carbons (Fsp3) is 0.364. The maximum Gasteiger partial charge on any atom is 0.254 e. The fourth-order valence-corrected chi connectivity index (χ4v) is 4.69. The molecule has 1 saturated heterocycles. The number of methoxy groups -OCH3 is 1. The fourth-order valence-electron chi connectivity index (χ4n) is 3.27. The van der Waals surface area contributed by atoms with Gasteiger partial charge >= 0.3 is 0 Å². The maximum atomic E-state index is 12.8. The van der Waals surface area contributed by atoms with Gasteiger partial charge < -0.3 is 4.74 Å². The molecular weight excluding hydrogens is 416 g/mol. The zero-order valence-electron chi connectivity index (χ0n) is 18.0. The first-order valence-electron chi connectivity index (χ1n) is 10.1. The van der Waals surface area contributed by atoms with Crippen LogP contribution < -0.4 is 10.2 Å². The number of hydrogen-bond acceptors (Lipinski definition) is 6. The van der Waals surface area contributed by atoms with Gasteiger partial charge in [-0.2, -0.15) is 9.41 Å². The molecule has 166 valence electrons. The van der Waals surface area contributed by atoms with Crippen molar-refractivity contribution in [3.63, 3.8) is 0 Å². The van der Waals surface area contributed by atoms with Crippen molar-refractivity contribution in [2.24, 2.45) is 5.10 Å². The van der Waals surface area contributed by atoms with E-state index in [-0.39, 0.29) is 12.5 Å². The largest absolute Gasteiger partial charge is 0.497 e. The average Bonchev–Trinajstić information content (AvgIpc) is 2.78. The molecule has 0 unspecified atom stereocenters. The molecule has 3 rings (SSSR count). The van der Waals surface area contributed by atoms with Crippen LogP contribution in [-0.2, 0) is 14.8 Å². The van der Waals surface area contributed by atoms with Gasteiger partial charge in [-0.3, -0.25) is 9.69 Å². The molecule has 1 heterocycles. The van der Waals surface area contributed by atoms with Crippen molar-refractivity contribution >= 4 is 21.6 Å². The van der Waals surface area contributed by atoms with E-state index in [1.807, 2.05) is 43.0 Å². The van der Waals surface area contributed by atoms with Crippen LogP contribution in [0.2, 0.25) is 0 Å². The number of hydrogen-bond donors (Lipinski definition) is 1. The van der Waals surface area contributed by atoms with Crippen molar-refractivity contribution in [3.8, 4) is 5.75 Å². The molecule has 1 aliphatic heterocycles. The molecule has 9 heteroatoms. The summed E-state index contributed by atoms with van der Waals surface area (Å²) in [4.78, 5) is 14.5. The Kier molecular flexibility index (Phi) is 7.42. The van der Waals surface area contributed by atoms with Gasteiger partial charge in [0.15, 0.2) is 0 Å². The number of sulfonamides is 1. The lowest BCUT2D eigenvalue weighted by Gasteiger charge is -2.33. The molecule has 0 radical (unpaired) electrons. The van der Waals surface area contributed by atoms with Crippen LogP contribution in [0.5, 0.6) is 5.75 Å². The van der Waals surface area contributed by atoms with Crippen LogP contribution in [0.15, 0.2) is 58.5 Å². The Bertz CT molecular complexity index is 1030. The van der Waals surface area contributed by atoms with Crippen LogP contribution in [0.25, 0.3) is 0 Å². The zero-order chi connectivity index (χ0) is 22.4. The normalized spacial score (nSPS) is 16.2. The molecule has 0 aromatic heterocycles. The zero-order valence-corrected chi connectivity index (χ0v) is 18.9. The molecule has 1 amide bonds. The van der Waals surface area contributed by atoms with Crippen molar-refractivity contribution in [1.29, 1.82) is 0 Å². The Hall–Kier alpha value is -2.75. The van der Waals surface area contributed by atoms with Crippen molar-refractivity contribution in [2.45, 2.75) is 18.7 Å². The number of nitrogens with one attached hydrogen (secondary N) is 1. The Morgan fingerprint density at radius 2 is 1.65 bits per heavy atom. The Labute approximate surface area is 183 Å². The van der Waals surface area contributed by atoms with Gasteiger partial charge in [-0.1, -0.05) is 17.7 Å². The summed E-state index contributed by atoms with van der Waals surface area (Å²) >= 11 is 0. The molecule has 2 aromatic rings. The van der Waals surface area contributed by atoms with Crippen LogP contribution in [-0.4, -0.2) is 69.1 Å². The number of piperazine rings is 1. The second-order valence-electron chi connectivity index (χ2n) is 7.45. The predicted octanol–water partition coefficient (Wildman–Crippen LogP) is 1.85. The third kappa shape index (κ3) is 5.90. The predicted molar refractivity (Wildman–Crippen MR) is 120 cm³/mol. The van der Waals surface area contributed by atoms with Crippen LogP contribution in [0, 0.1) is 6.92 Å². The topological polar surface area (TPSA) is 91.3 Å². The molecule has 0 aliphatic carbocycles. The standard InChI is InChI=1S/C22H28N4O4S/c1-17-4-10-21(11-5-17)31(28,29)26-14-12-25(13-15-26)16-22(27)24-23-18(2)19-6-8-20(30-3)9-7-19/h4-11H,12-16H2,1-3H3,(H,24,27)/b23-18-. The van der Waals surface area contributed by atoms with E-state index >= 15 is 0 Å². The lowest BCUT2D eigenvalue weighted by atomic mass is 10.1. The minimum atomic E-state index is -3.51. The lowest BCUT2D eigenvalue weighted by molar-refractivity contribution is -0.122. The lowest BCUT2D eigenvalue weighted by Crippen LogP contribution is -2.50. The van der Waals surface area contributed by atoms with Crippen molar-refractivity contribution < 1.29 is 17.9 Å². The molecule has 0 bridgehead atoms. The first-order chi connectivity index (χ1) is 14.8. The van der Waals surface area contributed by atoms with Crippen LogP contribution in [0.1, 0.15) is 18.1 Å². The molecule has 1 aliphatic rings. The second kappa shape index (κ2) is 10.0. The summed E-state index contributed by atoms with van der Waals surface area (Å²) < 4.78 is 32.2. The van der Waals surface area contributed by atoms with E-state index in [0.717, 1.165) is 16.9 Å². The molecule has 0 saturated carbocycles. The number of carbonyl (C=O) groups excluding carboxylic acids is 1. The molecule has 2 aromatic carbocycles. The number of aryl methyl sites for hydroxylation is 1. The van der Waals surface area contributed by atoms with Gasteiger partial charge in [0, 0.05) is 26.2 Å². The van der Waals surface area contributed by atoms with Crippen molar-refractivity contribution in [1.82, 2.24) is 14.6 Å². The van der Waals surface area contributed by atoms with E-state index in [9.17, 15) is 13.2 Å². The summed E-state index contributed by atoms with van der Waals surface area (Å²) in [6.45, 7) is 5.56. The van der Waals surface area contributed by atoms with Crippen molar-refractivity contribution in [3.05, 3.63) is 59.7 Å². The molecule has 1 fully saturated rings. The number of amides is 1. The Balaban J connectivity index is 1.49. The highest BCUT2D eigenvalue weighted by atomic mass is 32.2. The third-order valence-electron chi connectivity index (χ3n) is 5.21. The summed E-state index contributed by atoms with van der Waals surface area (Å²) in [5.74, 6) is 0.520. The summed E-state index contributed by atoms with van der Waals surface area (Å²) in [5.41, 5.74) is 5.16. The van der Waals surface area contributed by atoms with E-state index < -0.39 is 10.0 Å². The monoisotopic (exact) mass is 444 g/mol. The maximum absolute atomic E-state index is 12.8. The molecule has 31 heavy (non-hydrogen) atoms. The quantitative estimate of drug-likeness (QED) is 0.520. The SMILES string of the molecule is COc1ccc(/C(C)=N\NC(=O)CN2CCN(S(=O)(=O)c3ccc(C)cc3)CC2)cc1. The molecule has 0 atom stereocenters. The summed E-state index contributed by atoms with van der Waals surface area (Å²) in [6, 6.07) is 14.3. The van der Waals surface area contributed by atoms with Gasteiger partial charge in [-0.15, -0.1) is 0 Å². The molecule has 1 N–H and O–H groups in total. The van der Waals surface area contributed by atoms with E-state index in [0.29, 0.717) is 36.8 Å². The number of rotatable bonds is 7. The van der Waals surface area contributed by atoms with Gasteiger partial charge in [0.25, 0.3) is 5.91 Å². The number of ether oxygens (including phenoxy) is 1. The summed E-state index contributed by atoms with van der Waals surface area (Å²) in [5, 5.41) is 4.16. The highest BCUT2D eigenvalue weighted by Gasteiger charge is 2.28. The number of hydrazone groups is 1. The van der Waals surface area contributed by atoms with E-state index in [4.69, 9.17) is 4.74 Å². The minimum Gasteiger partial charge on any atom is -0.497 e. The first kappa shape index (κ1) is 22.9. The second-order valence-corrected chi connectivity index (χ2v) is 9.39. The van der Waals surface area contributed by atoms with Gasteiger partial charge in [0.2, 0.25) is 10.0 Å². The van der Waals surface area contributed by atoms with Gasteiger partial charge in [0.05, 0.1) is 24.3 Å². The molecular formula is C22H28N4O4S. The number of nitrogens with zero attached hydrogens (tertiary/aromatic N) is 3. The van der Waals surface area contributed by atoms with Gasteiger partial charge in [0.1, 0.15) is 5.75 Å². The van der Waals surface area contributed by atoms with Gasteiger partial charge in [-0.05, 0) is 55.8 Å². The third-order valence-corrected chi connectivity index (χ3v) is 7.13. The summed E-state index contributed by atoms with van der Waals surface area (Å²) in [6.07, 6.45) is 0. The van der Waals surface area contributed by atoms with E-state index in [2.05, 4.69) is 10.5 Å². The average molecular weight is 445 g/mol. The van der Waals surface area contributed by atoms with E-state index in [1.54, 1.807) is 31.4 Å². The van der Waals surface area contributed by atoms with Crippen LogP contribution >= 0.6 is 0 Å². The van der Waals surface area contributed by atoms with Crippen LogP contribution in [0.3, 0.4) is 0 Å². The Morgan fingerprint density at radius 1 is 1.03 bits per heavy atom. The van der Waals surface area contributed by atoms with E-state index in [1.165, 1.54) is 4.31 Å². The smallest absolute Gasteiger partial charge is 0.254 e. The Morgan fingerprint density at radius 3 is 2.23 bits per heavy atom. The van der Waals surface area contributed by atoms with Crippen molar-refractivity contribution in [2.75, 3.05) is 39.8 Å². The minimum absolute atomic E-state index is 0.164. The highest BCUT2D eigenvalue weighted by molar-refractivity contribution is 7.89. The number of carbonyl (C=O) groups is 1. The number of benzene rings is 2. The first-order valence-corrected chi connectivity index (χ1v) is 11.5. The van der Waals surface area contributed by atoms with Crippen LogP contribution in [0.4, 0.5) is 0 Å². The molecule has 0 spiro atoms. The summed E-state index contributed by atoms with van der Waals surface area (Å²) in [7, 11) is -1.91. The highest BCUT2D eigenvalue weighted by Crippen LogP contribution is 2.18. The molecule has 8 nitrogen and oxygen atoms in total.